The smallest absolute Gasteiger partial charge is 0.227 e. The standard InChI is InChI=1S/C20H23FN2O/c1-16-5-7-17(8-6-16)15-22-9-11-23(12-10-22)20(24)14-18-3-2-4-19(21)13-18/h2-8,13H,9-12,14-15H2,1H3. The first kappa shape index (κ1) is 16.7. The lowest BCUT2D eigenvalue weighted by atomic mass is 10.1. The molecule has 0 bridgehead atoms. The molecule has 1 fully saturated rings. The topological polar surface area (TPSA) is 23.6 Å². The molecule has 3 rings (SSSR count). The fraction of sp³-hybridized carbons (Fsp3) is 0.350. The minimum atomic E-state index is -0.289. The van der Waals surface area contributed by atoms with Gasteiger partial charge in [-0.1, -0.05) is 42.0 Å². The number of benzene rings is 2. The number of carbonyl (C=O) groups excluding carboxylic acids is 1. The molecular formula is C20H23FN2O. The summed E-state index contributed by atoms with van der Waals surface area (Å²) in [5.74, 6) is -0.209. The van der Waals surface area contributed by atoms with Gasteiger partial charge in [-0.05, 0) is 30.2 Å². The average Bonchev–Trinajstić information content (AvgIpc) is 2.57. The molecule has 0 N–H and O–H groups in total. The van der Waals surface area contributed by atoms with Gasteiger partial charge in [-0.25, -0.2) is 4.39 Å². The van der Waals surface area contributed by atoms with E-state index in [2.05, 4.69) is 36.1 Å². The summed E-state index contributed by atoms with van der Waals surface area (Å²) in [7, 11) is 0. The Morgan fingerprint density at radius 2 is 1.71 bits per heavy atom. The second kappa shape index (κ2) is 7.58. The molecule has 1 saturated heterocycles. The zero-order chi connectivity index (χ0) is 16.9. The molecule has 1 heterocycles. The second-order valence-electron chi connectivity index (χ2n) is 6.45. The van der Waals surface area contributed by atoms with Crippen LogP contribution in [0.5, 0.6) is 0 Å². The molecular weight excluding hydrogens is 303 g/mol. The molecule has 4 heteroatoms. The zero-order valence-electron chi connectivity index (χ0n) is 14.0. The fourth-order valence-electron chi connectivity index (χ4n) is 3.04. The third kappa shape index (κ3) is 4.42. The van der Waals surface area contributed by atoms with Crippen LogP contribution in [0.3, 0.4) is 0 Å². The fourth-order valence-corrected chi connectivity index (χ4v) is 3.04. The summed E-state index contributed by atoms with van der Waals surface area (Å²) < 4.78 is 13.2. The first-order chi connectivity index (χ1) is 11.6. The summed E-state index contributed by atoms with van der Waals surface area (Å²) in [5, 5.41) is 0. The minimum Gasteiger partial charge on any atom is -0.340 e. The Kier molecular flexibility index (Phi) is 5.26. The first-order valence-corrected chi connectivity index (χ1v) is 8.40. The molecule has 0 saturated carbocycles. The van der Waals surface area contributed by atoms with Gasteiger partial charge in [0, 0.05) is 32.7 Å². The van der Waals surface area contributed by atoms with Gasteiger partial charge in [0.15, 0.2) is 0 Å². The van der Waals surface area contributed by atoms with E-state index >= 15 is 0 Å². The van der Waals surface area contributed by atoms with Gasteiger partial charge in [0.1, 0.15) is 5.82 Å². The van der Waals surface area contributed by atoms with E-state index in [-0.39, 0.29) is 18.1 Å². The summed E-state index contributed by atoms with van der Waals surface area (Å²) >= 11 is 0. The highest BCUT2D eigenvalue weighted by atomic mass is 19.1. The molecule has 1 aliphatic rings. The van der Waals surface area contributed by atoms with Gasteiger partial charge in [0.25, 0.3) is 0 Å². The number of hydrogen-bond donors (Lipinski definition) is 0. The van der Waals surface area contributed by atoms with Crippen LogP contribution in [0, 0.1) is 12.7 Å². The lowest BCUT2D eigenvalue weighted by molar-refractivity contribution is -0.132. The molecule has 126 valence electrons. The predicted octanol–water partition coefficient (Wildman–Crippen LogP) is 3.02. The number of hydrogen-bond acceptors (Lipinski definition) is 2. The summed E-state index contributed by atoms with van der Waals surface area (Å²) in [5.41, 5.74) is 3.31. The van der Waals surface area contributed by atoms with Crippen molar-refractivity contribution in [2.75, 3.05) is 26.2 Å². The van der Waals surface area contributed by atoms with E-state index in [1.54, 1.807) is 12.1 Å². The monoisotopic (exact) mass is 326 g/mol. The maximum atomic E-state index is 13.2. The molecule has 1 aliphatic heterocycles. The predicted molar refractivity (Wildman–Crippen MR) is 93.1 cm³/mol. The first-order valence-electron chi connectivity index (χ1n) is 8.40. The quantitative estimate of drug-likeness (QED) is 0.862. The van der Waals surface area contributed by atoms with E-state index < -0.39 is 0 Å². The molecule has 0 radical (unpaired) electrons. The third-order valence-electron chi connectivity index (χ3n) is 4.50. The van der Waals surface area contributed by atoms with Crippen molar-refractivity contribution >= 4 is 5.91 Å². The van der Waals surface area contributed by atoms with Crippen LogP contribution in [-0.4, -0.2) is 41.9 Å². The Balaban J connectivity index is 1.49. The number of amides is 1. The van der Waals surface area contributed by atoms with E-state index in [0.717, 1.165) is 38.3 Å². The van der Waals surface area contributed by atoms with Crippen molar-refractivity contribution in [3.63, 3.8) is 0 Å². The molecule has 0 atom stereocenters. The molecule has 0 aromatic heterocycles. The van der Waals surface area contributed by atoms with Gasteiger partial charge in [0.05, 0.1) is 6.42 Å². The van der Waals surface area contributed by atoms with Crippen LogP contribution < -0.4 is 0 Å². The van der Waals surface area contributed by atoms with E-state index in [9.17, 15) is 9.18 Å². The van der Waals surface area contributed by atoms with Crippen LogP contribution in [-0.2, 0) is 17.8 Å². The number of halogens is 1. The lowest BCUT2D eigenvalue weighted by Gasteiger charge is -2.34. The van der Waals surface area contributed by atoms with Gasteiger partial charge < -0.3 is 4.90 Å². The van der Waals surface area contributed by atoms with Crippen LogP contribution >= 0.6 is 0 Å². The largest absolute Gasteiger partial charge is 0.340 e. The van der Waals surface area contributed by atoms with E-state index in [0.29, 0.717) is 0 Å². The van der Waals surface area contributed by atoms with E-state index in [1.807, 2.05) is 4.90 Å². The van der Waals surface area contributed by atoms with Crippen molar-refractivity contribution in [1.82, 2.24) is 9.80 Å². The number of nitrogens with zero attached hydrogens (tertiary/aromatic N) is 2. The van der Waals surface area contributed by atoms with Crippen molar-refractivity contribution in [3.05, 3.63) is 71.0 Å². The molecule has 0 aliphatic carbocycles. The van der Waals surface area contributed by atoms with Crippen molar-refractivity contribution in [1.29, 1.82) is 0 Å². The summed E-state index contributed by atoms with van der Waals surface area (Å²) in [6.45, 7) is 6.24. The summed E-state index contributed by atoms with van der Waals surface area (Å²) in [4.78, 5) is 16.6. The number of rotatable bonds is 4. The second-order valence-corrected chi connectivity index (χ2v) is 6.45. The van der Waals surface area contributed by atoms with Gasteiger partial charge >= 0.3 is 0 Å². The number of piperazine rings is 1. The lowest BCUT2D eigenvalue weighted by Crippen LogP contribution is -2.48. The van der Waals surface area contributed by atoms with Crippen LogP contribution in [0.2, 0.25) is 0 Å². The van der Waals surface area contributed by atoms with E-state index in [4.69, 9.17) is 0 Å². The third-order valence-corrected chi connectivity index (χ3v) is 4.50. The van der Waals surface area contributed by atoms with Crippen molar-refractivity contribution in [2.24, 2.45) is 0 Å². The Bertz CT molecular complexity index is 691. The zero-order valence-corrected chi connectivity index (χ0v) is 14.0. The summed E-state index contributed by atoms with van der Waals surface area (Å²) in [6, 6.07) is 14.9. The molecule has 2 aromatic carbocycles. The number of carbonyl (C=O) groups is 1. The maximum Gasteiger partial charge on any atom is 0.227 e. The highest BCUT2D eigenvalue weighted by Gasteiger charge is 2.21. The van der Waals surface area contributed by atoms with Crippen molar-refractivity contribution in [2.45, 2.75) is 19.9 Å². The van der Waals surface area contributed by atoms with Crippen molar-refractivity contribution < 1.29 is 9.18 Å². The van der Waals surface area contributed by atoms with Gasteiger partial charge in [-0.2, -0.15) is 0 Å². The average molecular weight is 326 g/mol. The Morgan fingerprint density at radius 3 is 2.38 bits per heavy atom. The molecule has 0 unspecified atom stereocenters. The minimum absolute atomic E-state index is 0.0792. The Hall–Kier alpha value is -2.20. The van der Waals surface area contributed by atoms with Crippen LogP contribution in [0.4, 0.5) is 4.39 Å². The highest BCUT2D eigenvalue weighted by molar-refractivity contribution is 5.78. The normalized spacial score (nSPS) is 15.5. The van der Waals surface area contributed by atoms with E-state index in [1.165, 1.54) is 23.3 Å². The van der Waals surface area contributed by atoms with Crippen LogP contribution in [0.1, 0.15) is 16.7 Å². The SMILES string of the molecule is Cc1ccc(CN2CCN(C(=O)Cc3cccc(F)c3)CC2)cc1. The number of aryl methyl sites for hydroxylation is 1. The van der Waals surface area contributed by atoms with Crippen LogP contribution in [0.15, 0.2) is 48.5 Å². The van der Waals surface area contributed by atoms with Crippen molar-refractivity contribution in [3.8, 4) is 0 Å². The molecule has 1 amide bonds. The molecule has 24 heavy (non-hydrogen) atoms. The van der Waals surface area contributed by atoms with Gasteiger partial charge in [-0.3, -0.25) is 9.69 Å². The Morgan fingerprint density at radius 1 is 1.00 bits per heavy atom. The Labute approximate surface area is 142 Å². The molecule has 2 aromatic rings. The summed E-state index contributed by atoms with van der Waals surface area (Å²) in [6.07, 6.45) is 0.274. The van der Waals surface area contributed by atoms with Gasteiger partial charge in [-0.15, -0.1) is 0 Å². The molecule has 3 nitrogen and oxygen atoms in total. The van der Waals surface area contributed by atoms with Gasteiger partial charge in [0.2, 0.25) is 5.91 Å². The molecule has 0 spiro atoms. The highest BCUT2D eigenvalue weighted by Crippen LogP contribution is 2.12. The maximum absolute atomic E-state index is 13.2. The van der Waals surface area contributed by atoms with Crippen LogP contribution in [0.25, 0.3) is 0 Å².